The fraction of sp³-hybridized carbons (Fsp3) is 0.625. The van der Waals surface area contributed by atoms with Crippen LogP contribution >= 0.6 is 0 Å². The van der Waals surface area contributed by atoms with E-state index in [4.69, 9.17) is 5.73 Å². The number of hydrogen-bond acceptors (Lipinski definition) is 4. The van der Waals surface area contributed by atoms with E-state index in [1.807, 2.05) is 18.0 Å². The molecule has 1 aromatic heterocycles. The average molecular weight is 290 g/mol. The maximum Gasteiger partial charge on any atom is 0.239 e. The van der Waals surface area contributed by atoms with Crippen LogP contribution < -0.4 is 10.6 Å². The van der Waals surface area contributed by atoms with Crippen molar-refractivity contribution >= 4 is 11.7 Å². The number of nitrogens with zero attached hydrogens (tertiary/aromatic N) is 3. The zero-order valence-electron chi connectivity index (χ0n) is 13.4. The lowest BCUT2D eigenvalue weighted by Crippen LogP contribution is -2.62. The molecule has 1 aliphatic rings. The van der Waals surface area contributed by atoms with Crippen molar-refractivity contribution < 1.29 is 4.79 Å². The highest BCUT2D eigenvalue weighted by Crippen LogP contribution is 2.23. The summed E-state index contributed by atoms with van der Waals surface area (Å²) in [5.74, 6) is 1.03. The summed E-state index contributed by atoms with van der Waals surface area (Å²) in [6, 6.07) is 4.02. The van der Waals surface area contributed by atoms with Crippen molar-refractivity contribution in [2.45, 2.75) is 52.2 Å². The van der Waals surface area contributed by atoms with Crippen LogP contribution in [-0.2, 0) is 4.79 Å². The van der Waals surface area contributed by atoms with Crippen molar-refractivity contribution in [1.82, 2.24) is 9.88 Å². The molecule has 0 aromatic carbocycles. The van der Waals surface area contributed by atoms with Crippen LogP contribution in [0.3, 0.4) is 0 Å². The van der Waals surface area contributed by atoms with Gasteiger partial charge in [-0.05, 0) is 38.8 Å². The van der Waals surface area contributed by atoms with Gasteiger partial charge in [0, 0.05) is 31.4 Å². The van der Waals surface area contributed by atoms with E-state index < -0.39 is 6.04 Å². The van der Waals surface area contributed by atoms with Crippen molar-refractivity contribution in [3.05, 3.63) is 23.9 Å². The SMILES string of the molecule is CC[C@@H]1CN(c2ccc(C)cn2)C[C@H](C)N1C(=O)C(C)N. The topological polar surface area (TPSA) is 62.5 Å². The number of hydrogen-bond donors (Lipinski definition) is 1. The van der Waals surface area contributed by atoms with Gasteiger partial charge in [0.1, 0.15) is 5.82 Å². The molecule has 1 unspecified atom stereocenters. The molecule has 21 heavy (non-hydrogen) atoms. The van der Waals surface area contributed by atoms with E-state index in [9.17, 15) is 4.79 Å². The second kappa shape index (κ2) is 6.43. The highest BCUT2D eigenvalue weighted by atomic mass is 16.2. The Morgan fingerprint density at radius 3 is 2.71 bits per heavy atom. The molecule has 2 heterocycles. The Kier molecular flexibility index (Phi) is 4.83. The van der Waals surface area contributed by atoms with Crippen molar-refractivity contribution in [3.63, 3.8) is 0 Å². The van der Waals surface area contributed by atoms with Crippen molar-refractivity contribution in [2.24, 2.45) is 5.73 Å². The van der Waals surface area contributed by atoms with E-state index in [1.54, 1.807) is 6.92 Å². The number of pyridine rings is 1. The smallest absolute Gasteiger partial charge is 0.239 e. The molecule has 2 N–H and O–H groups in total. The van der Waals surface area contributed by atoms with Crippen LogP contribution in [0.2, 0.25) is 0 Å². The monoisotopic (exact) mass is 290 g/mol. The van der Waals surface area contributed by atoms with Gasteiger partial charge in [-0.1, -0.05) is 13.0 Å². The van der Waals surface area contributed by atoms with Gasteiger partial charge in [0.15, 0.2) is 0 Å². The maximum atomic E-state index is 12.3. The summed E-state index contributed by atoms with van der Waals surface area (Å²) >= 11 is 0. The van der Waals surface area contributed by atoms with Gasteiger partial charge in [0.2, 0.25) is 5.91 Å². The number of amides is 1. The fourth-order valence-corrected chi connectivity index (χ4v) is 2.98. The number of rotatable bonds is 3. The molecule has 116 valence electrons. The van der Waals surface area contributed by atoms with E-state index in [-0.39, 0.29) is 18.0 Å². The lowest BCUT2D eigenvalue weighted by molar-refractivity contribution is -0.137. The molecule has 0 radical (unpaired) electrons. The maximum absolute atomic E-state index is 12.3. The van der Waals surface area contributed by atoms with Gasteiger partial charge in [0.25, 0.3) is 0 Å². The fourth-order valence-electron chi connectivity index (χ4n) is 2.98. The molecule has 1 aliphatic heterocycles. The first-order valence-corrected chi connectivity index (χ1v) is 7.69. The third-order valence-corrected chi connectivity index (χ3v) is 4.12. The number of carbonyl (C=O) groups excluding carboxylic acids is 1. The Labute approximate surface area is 127 Å². The molecule has 1 amide bonds. The summed E-state index contributed by atoms with van der Waals surface area (Å²) in [6.45, 7) is 9.61. The molecule has 1 fully saturated rings. The predicted octanol–water partition coefficient (Wildman–Crippen LogP) is 1.55. The summed E-state index contributed by atoms with van der Waals surface area (Å²) in [4.78, 5) is 21.1. The van der Waals surface area contributed by atoms with E-state index in [0.717, 1.165) is 30.9 Å². The lowest BCUT2D eigenvalue weighted by atomic mass is 10.0. The molecule has 2 rings (SSSR count). The third-order valence-electron chi connectivity index (χ3n) is 4.12. The zero-order chi connectivity index (χ0) is 15.6. The van der Waals surface area contributed by atoms with Crippen LogP contribution in [0.15, 0.2) is 18.3 Å². The minimum Gasteiger partial charge on any atom is -0.353 e. The molecule has 3 atom stereocenters. The number of nitrogens with two attached hydrogens (primary N) is 1. The molecule has 0 spiro atoms. The minimum atomic E-state index is -0.439. The summed E-state index contributed by atoms with van der Waals surface area (Å²) < 4.78 is 0. The van der Waals surface area contributed by atoms with Gasteiger partial charge in [0.05, 0.1) is 6.04 Å². The molecule has 1 aromatic rings. The molecule has 5 heteroatoms. The van der Waals surface area contributed by atoms with Gasteiger partial charge in [-0.2, -0.15) is 0 Å². The molecule has 1 saturated heterocycles. The summed E-state index contributed by atoms with van der Waals surface area (Å²) in [7, 11) is 0. The first kappa shape index (κ1) is 15.8. The van der Waals surface area contributed by atoms with E-state index >= 15 is 0 Å². The molecule has 0 bridgehead atoms. The van der Waals surface area contributed by atoms with Crippen LogP contribution in [0.25, 0.3) is 0 Å². The van der Waals surface area contributed by atoms with Gasteiger partial charge in [-0.15, -0.1) is 0 Å². The Bertz CT molecular complexity index is 486. The number of piperazine rings is 1. The number of anilines is 1. The van der Waals surface area contributed by atoms with Gasteiger partial charge in [-0.3, -0.25) is 4.79 Å². The average Bonchev–Trinajstić information content (AvgIpc) is 2.46. The number of carbonyl (C=O) groups is 1. The van der Waals surface area contributed by atoms with E-state index in [1.165, 1.54) is 0 Å². The summed E-state index contributed by atoms with van der Waals surface area (Å²) in [6.07, 6.45) is 2.81. The Hall–Kier alpha value is -1.62. The molecule has 0 saturated carbocycles. The Morgan fingerprint density at radius 1 is 1.48 bits per heavy atom. The van der Waals surface area contributed by atoms with Crippen molar-refractivity contribution in [2.75, 3.05) is 18.0 Å². The largest absolute Gasteiger partial charge is 0.353 e. The molecular formula is C16H26N4O. The molecular weight excluding hydrogens is 264 g/mol. The van der Waals surface area contributed by atoms with Gasteiger partial charge in [-0.25, -0.2) is 4.98 Å². The quantitative estimate of drug-likeness (QED) is 0.917. The second-order valence-electron chi connectivity index (χ2n) is 6.04. The lowest BCUT2D eigenvalue weighted by Gasteiger charge is -2.46. The number of aromatic nitrogens is 1. The highest BCUT2D eigenvalue weighted by Gasteiger charge is 2.35. The Morgan fingerprint density at radius 2 is 2.19 bits per heavy atom. The highest BCUT2D eigenvalue weighted by molar-refractivity contribution is 5.82. The van der Waals surface area contributed by atoms with E-state index in [2.05, 4.69) is 35.9 Å². The summed E-state index contributed by atoms with van der Waals surface area (Å²) in [5, 5.41) is 0. The number of aryl methyl sites for hydroxylation is 1. The van der Waals surface area contributed by atoms with Crippen LogP contribution in [0.4, 0.5) is 5.82 Å². The minimum absolute atomic E-state index is 0.0471. The normalized spacial score (nSPS) is 24.0. The first-order valence-electron chi connectivity index (χ1n) is 7.69. The van der Waals surface area contributed by atoms with Crippen LogP contribution in [0.1, 0.15) is 32.8 Å². The summed E-state index contributed by atoms with van der Waals surface area (Å²) in [5.41, 5.74) is 6.95. The predicted molar refractivity (Wildman–Crippen MR) is 85.2 cm³/mol. The Balaban J connectivity index is 2.18. The van der Waals surface area contributed by atoms with Gasteiger partial charge >= 0.3 is 0 Å². The van der Waals surface area contributed by atoms with Gasteiger partial charge < -0.3 is 15.5 Å². The zero-order valence-corrected chi connectivity index (χ0v) is 13.4. The van der Waals surface area contributed by atoms with Crippen molar-refractivity contribution in [1.29, 1.82) is 0 Å². The van der Waals surface area contributed by atoms with Crippen LogP contribution in [-0.4, -0.2) is 47.0 Å². The molecule has 5 nitrogen and oxygen atoms in total. The van der Waals surface area contributed by atoms with Crippen LogP contribution in [0.5, 0.6) is 0 Å². The standard InChI is InChI=1S/C16H26N4O/c1-5-14-10-19(15-7-6-11(2)8-18-15)9-12(3)20(14)16(21)13(4)17/h6-8,12-14H,5,9-10,17H2,1-4H3/t12-,13?,14+/m0/s1. The first-order chi connectivity index (χ1) is 9.93. The second-order valence-corrected chi connectivity index (χ2v) is 6.04. The molecule has 0 aliphatic carbocycles. The van der Waals surface area contributed by atoms with Crippen molar-refractivity contribution in [3.8, 4) is 0 Å². The van der Waals surface area contributed by atoms with E-state index in [0.29, 0.717) is 0 Å². The third kappa shape index (κ3) is 3.35. The van der Waals surface area contributed by atoms with Crippen LogP contribution in [0, 0.1) is 6.92 Å².